The summed E-state index contributed by atoms with van der Waals surface area (Å²) in [7, 11) is 0. The van der Waals surface area contributed by atoms with E-state index in [4.69, 9.17) is 5.73 Å². The van der Waals surface area contributed by atoms with Gasteiger partial charge in [0.25, 0.3) is 5.56 Å². The molecule has 0 bridgehead atoms. The molecule has 0 saturated carbocycles. The SMILES string of the molecule is NC(=O)C1CC(n2ncccc2=O)CN1. The van der Waals surface area contributed by atoms with Gasteiger partial charge in [0.15, 0.2) is 0 Å². The van der Waals surface area contributed by atoms with E-state index in [1.54, 1.807) is 12.3 Å². The van der Waals surface area contributed by atoms with E-state index in [0.717, 1.165) is 0 Å². The third-order valence-corrected chi connectivity index (χ3v) is 2.54. The van der Waals surface area contributed by atoms with Gasteiger partial charge in [0.1, 0.15) is 0 Å². The zero-order valence-corrected chi connectivity index (χ0v) is 8.09. The average molecular weight is 208 g/mol. The Hall–Kier alpha value is -1.69. The molecule has 1 aliphatic rings. The molecule has 3 N–H and O–H groups in total. The minimum absolute atomic E-state index is 0.0869. The summed E-state index contributed by atoms with van der Waals surface area (Å²) in [5.74, 6) is -0.388. The Bertz CT molecular complexity index is 428. The zero-order chi connectivity index (χ0) is 10.8. The highest BCUT2D eigenvalue weighted by atomic mass is 16.1. The third-order valence-electron chi connectivity index (χ3n) is 2.54. The van der Waals surface area contributed by atoms with Gasteiger partial charge in [-0.25, -0.2) is 4.68 Å². The highest BCUT2D eigenvalue weighted by Gasteiger charge is 2.29. The maximum Gasteiger partial charge on any atom is 0.267 e. The lowest BCUT2D eigenvalue weighted by atomic mass is 10.1. The first-order valence-corrected chi connectivity index (χ1v) is 4.75. The summed E-state index contributed by atoms with van der Waals surface area (Å²) >= 11 is 0. The fourth-order valence-electron chi connectivity index (χ4n) is 1.76. The minimum Gasteiger partial charge on any atom is -0.368 e. The van der Waals surface area contributed by atoms with Gasteiger partial charge in [-0.15, -0.1) is 0 Å². The number of carbonyl (C=O) groups excluding carboxylic acids is 1. The van der Waals surface area contributed by atoms with Crippen molar-refractivity contribution in [1.82, 2.24) is 15.1 Å². The Morgan fingerprint density at radius 1 is 1.67 bits per heavy atom. The Kier molecular flexibility index (Phi) is 2.51. The molecule has 2 rings (SSSR count). The molecule has 1 aliphatic heterocycles. The first kappa shape index (κ1) is 9.85. The summed E-state index contributed by atoms with van der Waals surface area (Å²) in [6, 6.07) is 2.59. The van der Waals surface area contributed by atoms with E-state index >= 15 is 0 Å². The van der Waals surface area contributed by atoms with Crippen molar-refractivity contribution in [3.63, 3.8) is 0 Å². The number of rotatable bonds is 2. The molecule has 0 aliphatic carbocycles. The van der Waals surface area contributed by atoms with E-state index in [0.29, 0.717) is 13.0 Å². The van der Waals surface area contributed by atoms with Crippen LogP contribution in [0.15, 0.2) is 23.1 Å². The number of nitrogens with one attached hydrogen (secondary N) is 1. The van der Waals surface area contributed by atoms with Crippen LogP contribution in [0.4, 0.5) is 0 Å². The topological polar surface area (TPSA) is 90.0 Å². The highest BCUT2D eigenvalue weighted by Crippen LogP contribution is 2.16. The lowest BCUT2D eigenvalue weighted by Gasteiger charge is -2.09. The van der Waals surface area contributed by atoms with Gasteiger partial charge in [-0.1, -0.05) is 0 Å². The van der Waals surface area contributed by atoms with Crippen LogP contribution in [0.1, 0.15) is 12.5 Å². The molecule has 1 fully saturated rings. The molecule has 2 atom stereocenters. The minimum atomic E-state index is -0.388. The van der Waals surface area contributed by atoms with Crippen molar-refractivity contribution in [2.45, 2.75) is 18.5 Å². The van der Waals surface area contributed by atoms with Crippen molar-refractivity contribution < 1.29 is 4.79 Å². The zero-order valence-electron chi connectivity index (χ0n) is 8.09. The van der Waals surface area contributed by atoms with Gasteiger partial charge in [-0.3, -0.25) is 9.59 Å². The van der Waals surface area contributed by atoms with E-state index in [-0.39, 0.29) is 23.6 Å². The largest absolute Gasteiger partial charge is 0.368 e. The fraction of sp³-hybridized carbons (Fsp3) is 0.444. The first-order chi connectivity index (χ1) is 7.18. The average Bonchev–Trinajstić information content (AvgIpc) is 2.67. The molecular weight excluding hydrogens is 196 g/mol. The molecule has 0 aromatic carbocycles. The van der Waals surface area contributed by atoms with Crippen LogP contribution >= 0.6 is 0 Å². The predicted octanol–water partition coefficient (Wildman–Crippen LogP) is -1.37. The van der Waals surface area contributed by atoms with E-state index in [9.17, 15) is 9.59 Å². The van der Waals surface area contributed by atoms with Crippen LogP contribution in [0.25, 0.3) is 0 Å². The third kappa shape index (κ3) is 1.89. The molecule has 6 heteroatoms. The summed E-state index contributed by atoms with van der Waals surface area (Å²) < 4.78 is 1.38. The highest BCUT2D eigenvalue weighted by molar-refractivity contribution is 5.80. The summed E-state index contributed by atoms with van der Waals surface area (Å²) in [6.07, 6.45) is 2.07. The molecule has 2 unspecified atom stereocenters. The quantitative estimate of drug-likeness (QED) is 0.627. The van der Waals surface area contributed by atoms with E-state index in [1.165, 1.54) is 10.7 Å². The lowest BCUT2D eigenvalue weighted by Crippen LogP contribution is -2.36. The van der Waals surface area contributed by atoms with Crippen LogP contribution in [-0.2, 0) is 4.79 Å². The van der Waals surface area contributed by atoms with Crippen molar-refractivity contribution >= 4 is 5.91 Å². The molecule has 2 heterocycles. The first-order valence-electron chi connectivity index (χ1n) is 4.75. The standard InChI is InChI=1S/C9H12N4O2/c10-9(15)7-4-6(5-11-7)13-8(14)2-1-3-12-13/h1-3,6-7,11H,4-5H2,(H2,10,15). The normalized spacial score (nSPS) is 25.3. The van der Waals surface area contributed by atoms with Gasteiger partial charge in [-0.05, 0) is 12.5 Å². The Labute approximate surface area is 86.1 Å². The second-order valence-electron chi connectivity index (χ2n) is 3.56. The van der Waals surface area contributed by atoms with Crippen LogP contribution in [0.3, 0.4) is 0 Å². The number of carbonyl (C=O) groups is 1. The summed E-state index contributed by atoms with van der Waals surface area (Å²) in [6.45, 7) is 0.546. The fourth-order valence-corrected chi connectivity index (χ4v) is 1.76. The molecule has 1 amide bonds. The summed E-state index contributed by atoms with van der Waals surface area (Å²) in [5.41, 5.74) is 5.01. The van der Waals surface area contributed by atoms with Crippen molar-refractivity contribution in [1.29, 1.82) is 0 Å². The second-order valence-corrected chi connectivity index (χ2v) is 3.56. The number of primary amides is 1. The van der Waals surface area contributed by atoms with E-state index in [1.807, 2.05) is 0 Å². The molecule has 1 saturated heterocycles. The molecule has 0 spiro atoms. The Balaban J connectivity index is 2.18. The van der Waals surface area contributed by atoms with Crippen LogP contribution in [0, 0.1) is 0 Å². The van der Waals surface area contributed by atoms with Gasteiger partial charge >= 0.3 is 0 Å². The molecule has 6 nitrogen and oxygen atoms in total. The summed E-state index contributed by atoms with van der Waals surface area (Å²) in [5, 5.41) is 6.92. The van der Waals surface area contributed by atoms with Gasteiger partial charge in [0, 0.05) is 18.8 Å². The number of amides is 1. The summed E-state index contributed by atoms with van der Waals surface area (Å²) in [4.78, 5) is 22.4. The van der Waals surface area contributed by atoms with Gasteiger partial charge in [-0.2, -0.15) is 5.10 Å². The number of hydrogen-bond acceptors (Lipinski definition) is 4. The second kappa shape index (κ2) is 3.82. The van der Waals surface area contributed by atoms with Gasteiger partial charge < -0.3 is 11.1 Å². The van der Waals surface area contributed by atoms with E-state index < -0.39 is 0 Å². The van der Waals surface area contributed by atoms with Gasteiger partial charge in [0.05, 0.1) is 12.1 Å². The predicted molar refractivity (Wildman–Crippen MR) is 53.1 cm³/mol. The van der Waals surface area contributed by atoms with Crippen molar-refractivity contribution in [2.75, 3.05) is 6.54 Å². The Morgan fingerprint density at radius 2 is 2.47 bits per heavy atom. The molecular formula is C9H12N4O2. The molecule has 80 valence electrons. The van der Waals surface area contributed by atoms with E-state index in [2.05, 4.69) is 10.4 Å². The van der Waals surface area contributed by atoms with Crippen LogP contribution in [0.2, 0.25) is 0 Å². The molecule has 1 aromatic heterocycles. The molecule has 15 heavy (non-hydrogen) atoms. The Morgan fingerprint density at radius 3 is 3.07 bits per heavy atom. The van der Waals surface area contributed by atoms with Crippen LogP contribution < -0.4 is 16.6 Å². The van der Waals surface area contributed by atoms with Crippen molar-refractivity contribution in [3.05, 3.63) is 28.7 Å². The lowest BCUT2D eigenvalue weighted by molar-refractivity contribution is -0.119. The number of nitrogens with two attached hydrogens (primary N) is 1. The van der Waals surface area contributed by atoms with Crippen LogP contribution in [-0.4, -0.2) is 28.3 Å². The van der Waals surface area contributed by atoms with Crippen molar-refractivity contribution in [2.24, 2.45) is 5.73 Å². The number of aromatic nitrogens is 2. The number of hydrogen-bond donors (Lipinski definition) is 2. The maximum absolute atomic E-state index is 11.4. The van der Waals surface area contributed by atoms with Crippen molar-refractivity contribution in [3.8, 4) is 0 Å². The molecule has 1 aromatic rings. The van der Waals surface area contributed by atoms with Gasteiger partial charge in [0.2, 0.25) is 5.91 Å². The van der Waals surface area contributed by atoms with Crippen LogP contribution in [0.5, 0.6) is 0 Å². The smallest absolute Gasteiger partial charge is 0.267 e. The maximum atomic E-state index is 11.4. The number of nitrogens with zero attached hydrogens (tertiary/aromatic N) is 2. The monoisotopic (exact) mass is 208 g/mol. The molecule has 0 radical (unpaired) electrons.